The van der Waals surface area contributed by atoms with Gasteiger partial charge in [-0.25, -0.2) is 0 Å². The standard InChI is InChI=1S/C23H37N3O2/c1-2-24-22(25-14-8-15-27-17-20-11-16-28-18-20)26-19-23(12-6-7-13-23)21-9-4-3-5-10-21/h3-5,9-10,20H,2,6-8,11-19H2,1H3,(H2,24,25,26). The van der Waals surface area contributed by atoms with Crippen LogP contribution in [0.25, 0.3) is 0 Å². The van der Waals surface area contributed by atoms with Crippen LogP contribution in [0.15, 0.2) is 35.3 Å². The maximum atomic E-state index is 5.79. The monoisotopic (exact) mass is 387 g/mol. The van der Waals surface area contributed by atoms with Gasteiger partial charge < -0.3 is 20.1 Å². The van der Waals surface area contributed by atoms with Gasteiger partial charge in [0.15, 0.2) is 5.96 Å². The first-order valence-electron chi connectivity index (χ1n) is 11.1. The van der Waals surface area contributed by atoms with Crippen molar-refractivity contribution < 1.29 is 9.47 Å². The van der Waals surface area contributed by atoms with Crippen molar-refractivity contribution >= 4 is 5.96 Å². The molecule has 0 amide bonds. The number of hydrogen-bond donors (Lipinski definition) is 2. The average molecular weight is 388 g/mol. The molecule has 1 aliphatic carbocycles. The minimum Gasteiger partial charge on any atom is -0.381 e. The summed E-state index contributed by atoms with van der Waals surface area (Å²) >= 11 is 0. The highest BCUT2D eigenvalue weighted by molar-refractivity contribution is 5.79. The highest BCUT2D eigenvalue weighted by Crippen LogP contribution is 2.41. The largest absolute Gasteiger partial charge is 0.381 e. The third-order valence-corrected chi connectivity index (χ3v) is 5.97. The van der Waals surface area contributed by atoms with E-state index in [4.69, 9.17) is 14.5 Å². The Morgan fingerprint density at radius 2 is 2.04 bits per heavy atom. The smallest absolute Gasteiger partial charge is 0.191 e. The number of hydrogen-bond acceptors (Lipinski definition) is 3. The number of ether oxygens (including phenoxy) is 2. The van der Waals surface area contributed by atoms with Crippen molar-refractivity contribution in [1.82, 2.24) is 10.6 Å². The molecule has 1 unspecified atom stereocenters. The maximum absolute atomic E-state index is 5.79. The van der Waals surface area contributed by atoms with Crippen molar-refractivity contribution in [3.8, 4) is 0 Å². The van der Waals surface area contributed by atoms with E-state index in [1.807, 2.05) is 0 Å². The summed E-state index contributed by atoms with van der Waals surface area (Å²) < 4.78 is 11.2. The summed E-state index contributed by atoms with van der Waals surface area (Å²) in [6.45, 7) is 8.09. The van der Waals surface area contributed by atoms with Crippen molar-refractivity contribution in [1.29, 1.82) is 0 Å². The minimum absolute atomic E-state index is 0.204. The van der Waals surface area contributed by atoms with Gasteiger partial charge in [0.1, 0.15) is 0 Å². The molecule has 0 radical (unpaired) electrons. The zero-order chi connectivity index (χ0) is 19.5. The molecule has 2 fully saturated rings. The van der Waals surface area contributed by atoms with Gasteiger partial charge in [-0.2, -0.15) is 0 Å². The summed E-state index contributed by atoms with van der Waals surface area (Å²) in [6.07, 6.45) is 7.20. The van der Waals surface area contributed by atoms with E-state index in [0.29, 0.717) is 5.92 Å². The molecule has 1 aliphatic heterocycles. The van der Waals surface area contributed by atoms with E-state index in [9.17, 15) is 0 Å². The third-order valence-electron chi connectivity index (χ3n) is 5.97. The molecule has 1 aromatic carbocycles. The predicted octanol–water partition coefficient (Wildman–Crippen LogP) is 3.50. The van der Waals surface area contributed by atoms with E-state index in [1.54, 1.807) is 0 Å². The lowest BCUT2D eigenvalue weighted by atomic mass is 9.79. The molecule has 1 atom stereocenters. The number of aliphatic imine (C=N–C) groups is 1. The minimum atomic E-state index is 0.204. The zero-order valence-corrected chi connectivity index (χ0v) is 17.4. The first kappa shape index (κ1) is 21.1. The van der Waals surface area contributed by atoms with Gasteiger partial charge in [-0.15, -0.1) is 0 Å². The Hall–Kier alpha value is -1.59. The van der Waals surface area contributed by atoms with Gasteiger partial charge in [0, 0.05) is 37.6 Å². The second kappa shape index (κ2) is 11.4. The highest BCUT2D eigenvalue weighted by atomic mass is 16.5. The Balaban J connectivity index is 1.45. The number of benzene rings is 1. The molecule has 0 bridgehead atoms. The summed E-state index contributed by atoms with van der Waals surface area (Å²) in [5.74, 6) is 1.52. The van der Waals surface area contributed by atoms with E-state index in [0.717, 1.165) is 64.9 Å². The fraction of sp³-hybridized carbons (Fsp3) is 0.696. The number of rotatable bonds is 10. The first-order valence-corrected chi connectivity index (χ1v) is 11.1. The fourth-order valence-electron chi connectivity index (χ4n) is 4.30. The molecule has 5 nitrogen and oxygen atoms in total. The van der Waals surface area contributed by atoms with Gasteiger partial charge in [-0.05, 0) is 38.2 Å². The van der Waals surface area contributed by atoms with Crippen LogP contribution in [0.4, 0.5) is 0 Å². The molecule has 3 rings (SSSR count). The lowest BCUT2D eigenvalue weighted by Gasteiger charge is -2.28. The molecule has 2 aliphatic rings. The van der Waals surface area contributed by atoms with Crippen LogP contribution in [0.1, 0.15) is 51.0 Å². The third kappa shape index (κ3) is 6.21. The number of nitrogens with one attached hydrogen (secondary N) is 2. The zero-order valence-electron chi connectivity index (χ0n) is 17.4. The summed E-state index contributed by atoms with van der Waals surface area (Å²) in [7, 11) is 0. The van der Waals surface area contributed by atoms with Crippen molar-refractivity contribution in [3.63, 3.8) is 0 Å². The van der Waals surface area contributed by atoms with Gasteiger partial charge in [0.25, 0.3) is 0 Å². The molecule has 156 valence electrons. The Morgan fingerprint density at radius 3 is 2.75 bits per heavy atom. The van der Waals surface area contributed by atoms with E-state index in [2.05, 4.69) is 47.9 Å². The second-order valence-corrected chi connectivity index (χ2v) is 8.13. The SMILES string of the molecule is CCNC(=NCC1(c2ccccc2)CCCC1)NCCCOCC1CCOC1. The predicted molar refractivity (Wildman–Crippen MR) is 115 cm³/mol. The topological polar surface area (TPSA) is 54.9 Å². The molecule has 2 N–H and O–H groups in total. The molecule has 1 saturated heterocycles. The van der Waals surface area contributed by atoms with E-state index >= 15 is 0 Å². The summed E-state index contributed by atoms with van der Waals surface area (Å²) in [6, 6.07) is 10.9. The Kier molecular flexibility index (Phi) is 8.62. The lowest BCUT2D eigenvalue weighted by molar-refractivity contribution is 0.0888. The van der Waals surface area contributed by atoms with E-state index in [1.165, 1.54) is 31.2 Å². The summed E-state index contributed by atoms with van der Waals surface area (Å²) in [5, 5.41) is 6.87. The first-order chi connectivity index (χ1) is 13.8. The number of nitrogens with zero attached hydrogens (tertiary/aromatic N) is 1. The lowest BCUT2D eigenvalue weighted by Crippen LogP contribution is -2.39. The molecule has 0 aromatic heterocycles. The summed E-state index contributed by atoms with van der Waals surface area (Å²) in [5.41, 5.74) is 1.65. The van der Waals surface area contributed by atoms with Gasteiger partial charge in [0.2, 0.25) is 0 Å². The Morgan fingerprint density at radius 1 is 1.21 bits per heavy atom. The maximum Gasteiger partial charge on any atom is 0.191 e. The molecule has 0 spiro atoms. The molecule has 1 aromatic rings. The second-order valence-electron chi connectivity index (χ2n) is 8.13. The molecule has 28 heavy (non-hydrogen) atoms. The van der Waals surface area contributed by atoms with Crippen LogP contribution < -0.4 is 10.6 Å². The average Bonchev–Trinajstić information content (AvgIpc) is 3.42. The Bertz CT molecular complexity index is 579. The van der Waals surface area contributed by atoms with Crippen LogP contribution >= 0.6 is 0 Å². The Labute approximate surface area is 170 Å². The molecule has 5 heteroatoms. The number of guanidine groups is 1. The van der Waals surface area contributed by atoms with Crippen LogP contribution in [0, 0.1) is 5.92 Å². The quantitative estimate of drug-likeness (QED) is 0.367. The van der Waals surface area contributed by atoms with Crippen LogP contribution in [-0.4, -0.2) is 52.0 Å². The molecule has 1 saturated carbocycles. The van der Waals surface area contributed by atoms with Gasteiger partial charge in [-0.1, -0.05) is 43.2 Å². The molecular formula is C23H37N3O2. The normalized spacial score (nSPS) is 21.8. The van der Waals surface area contributed by atoms with Crippen LogP contribution in [0.2, 0.25) is 0 Å². The van der Waals surface area contributed by atoms with Gasteiger partial charge >= 0.3 is 0 Å². The van der Waals surface area contributed by atoms with Crippen LogP contribution in [0.5, 0.6) is 0 Å². The molecule has 1 heterocycles. The van der Waals surface area contributed by atoms with Crippen LogP contribution in [-0.2, 0) is 14.9 Å². The van der Waals surface area contributed by atoms with E-state index < -0.39 is 0 Å². The van der Waals surface area contributed by atoms with Crippen molar-refractivity contribution in [2.45, 2.75) is 50.9 Å². The van der Waals surface area contributed by atoms with Crippen molar-refractivity contribution in [3.05, 3.63) is 35.9 Å². The van der Waals surface area contributed by atoms with Crippen molar-refractivity contribution in [2.75, 3.05) is 46.1 Å². The van der Waals surface area contributed by atoms with Crippen molar-refractivity contribution in [2.24, 2.45) is 10.9 Å². The fourth-order valence-corrected chi connectivity index (χ4v) is 4.30. The van der Waals surface area contributed by atoms with Gasteiger partial charge in [0.05, 0.1) is 19.8 Å². The molecular weight excluding hydrogens is 350 g/mol. The van der Waals surface area contributed by atoms with Crippen LogP contribution in [0.3, 0.4) is 0 Å². The van der Waals surface area contributed by atoms with Gasteiger partial charge in [-0.3, -0.25) is 4.99 Å². The highest BCUT2D eigenvalue weighted by Gasteiger charge is 2.35. The van der Waals surface area contributed by atoms with E-state index in [-0.39, 0.29) is 5.41 Å². The summed E-state index contributed by atoms with van der Waals surface area (Å²) in [4.78, 5) is 4.96.